The van der Waals surface area contributed by atoms with Crippen molar-refractivity contribution in [3.63, 3.8) is 0 Å². The number of halogens is 2. The zero-order valence-electron chi connectivity index (χ0n) is 19.7. The van der Waals surface area contributed by atoms with Crippen LogP contribution in [0.4, 0.5) is 0 Å². The molecule has 5 nitrogen and oxygen atoms in total. The number of hydrogen-bond donors (Lipinski definition) is 1. The minimum Gasteiger partial charge on any atom is -0.396 e. The number of carbonyl (C=O) groups excluding carboxylic acids is 1. The van der Waals surface area contributed by atoms with Gasteiger partial charge in [-0.25, -0.2) is 0 Å². The number of piperidine rings is 2. The molecule has 7 heteroatoms. The van der Waals surface area contributed by atoms with Crippen LogP contribution in [0.2, 0.25) is 10.0 Å². The first-order valence-corrected chi connectivity index (χ1v) is 13.2. The lowest BCUT2D eigenvalue weighted by atomic mass is 9.80. The second-order valence-electron chi connectivity index (χ2n) is 9.84. The van der Waals surface area contributed by atoms with Gasteiger partial charge in [-0.15, -0.1) is 0 Å². The van der Waals surface area contributed by atoms with Gasteiger partial charge in [0.25, 0.3) is 5.91 Å². The van der Waals surface area contributed by atoms with Crippen molar-refractivity contribution in [1.29, 1.82) is 0 Å². The average molecular weight is 512 g/mol. The van der Waals surface area contributed by atoms with Crippen LogP contribution in [0.1, 0.15) is 35.2 Å². The van der Waals surface area contributed by atoms with Gasteiger partial charge in [0.05, 0.1) is 21.1 Å². The number of fused-ring (bicyclic) bond motifs is 1. The van der Waals surface area contributed by atoms with Crippen LogP contribution in [0.3, 0.4) is 0 Å². The van der Waals surface area contributed by atoms with Crippen molar-refractivity contribution in [1.82, 2.24) is 14.8 Å². The zero-order chi connectivity index (χ0) is 24.4. The quantitative estimate of drug-likeness (QED) is 0.503. The van der Waals surface area contributed by atoms with Crippen molar-refractivity contribution in [3.05, 3.63) is 75.9 Å². The van der Waals surface area contributed by atoms with Crippen molar-refractivity contribution in [2.45, 2.75) is 31.7 Å². The van der Waals surface area contributed by atoms with Gasteiger partial charge in [-0.2, -0.15) is 0 Å². The fourth-order valence-electron chi connectivity index (χ4n) is 5.77. The summed E-state index contributed by atoms with van der Waals surface area (Å²) in [4.78, 5) is 22.2. The van der Waals surface area contributed by atoms with E-state index in [0.29, 0.717) is 27.6 Å². The number of amides is 1. The Labute approximate surface area is 216 Å². The second-order valence-corrected chi connectivity index (χ2v) is 10.7. The summed E-state index contributed by atoms with van der Waals surface area (Å²) in [6.45, 7) is 3.61. The monoisotopic (exact) mass is 511 g/mol. The normalized spacial score (nSPS) is 22.0. The maximum absolute atomic E-state index is 13.3. The first kappa shape index (κ1) is 24.5. The summed E-state index contributed by atoms with van der Waals surface area (Å²) in [5.41, 5.74) is 2.63. The molecular formula is C28H31Cl2N3O2. The Kier molecular flexibility index (Phi) is 7.59. The number of carbonyl (C=O) groups is 1. The van der Waals surface area contributed by atoms with Crippen molar-refractivity contribution in [2.75, 3.05) is 32.8 Å². The second kappa shape index (κ2) is 10.8. The minimum atomic E-state index is 0.0707. The number of para-hydroxylation sites is 1. The third kappa shape index (κ3) is 5.34. The SMILES string of the molecule is O=C(c1cccc2cccnc12)N1CCC(N2CCC(Cc3ccc(Cl)c(Cl)c3)[C@H](CO)C2)CC1. The fraction of sp³-hybridized carbons (Fsp3) is 0.429. The Balaban J connectivity index is 1.18. The van der Waals surface area contributed by atoms with Crippen LogP contribution in [-0.2, 0) is 6.42 Å². The van der Waals surface area contributed by atoms with E-state index < -0.39 is 0 Å². The highest BCUT2D eigenvalue weighted by molar-refractivity contribution is 6.42. The van der Waals surface area contributed by atoms with Gasteiger partial charge >= 0.3 is 0 Å². The number of benzene rings is 2. The first-order chi connectivity index (χ1) is 17.0. The molecule has 2 aliphatic heterocycles. The van der Waals surface area contributed by atoms with Gasteiger partial charge in [-0.3, -0.25) is 14.7 Å². The summed E-state index contributed by atoms with van der Waals surface area (Å²) in [7, 11) is 0. The maximum Gasteiger partial charge on any atom is 0.256 e. The predicted octanol–water partition coefficient (Wildman–Crippen LogP) is 5.32. The third-order valence-corrected chi connectivity index (χ3v) is 8.51. The Morgan fingerprint density at radius 2 is 1.77 bits per heavy atom. The van der Waals surface area contributed by atoms with E-state index in [1.165, 1.54) is 5.56 Å². The predicted molar refractivity (Wildman–Crippen MR) is 141 cm³/mol. The third-order valence-electron chi connectivity index (χ3n) is 7.77. The van der Waals surface area contributed by atoms with E-state index in [9.17, 15) is 9.90 Å². The molecule has 0 spiro atoms. The Morgan fingerprint density at radius 1 is 0.971 bits per heavy atom. The fourth-order valence-corrected chi connectivity index (χ4v) is 6.09. The maximum atomic E-state index is 13.3. The summed E-state index contributed by atoms with van der Waals surface area (Å²) in [6, 6.07) is 16.0. The molecule has 2 aromatic carbocycles. The minimum absolute atomic E-state index is 0.0707. The first-order valence-electron chi connectivity index (χ1n) is 12.5. The number of pyridine rings is 1. The van der Waals surface area contributed by atoms with Crippen LogP contribution in [0.25, 0.3) is 10.9 Å². The number of likely N-dealkylation sites (tertiary alicyclic amines) is 2. The van der Waals surface area contributed by atoms with Gasteiger partial charge in [0.2, 0.25) is 0 Å². The van der Waals surface area contributed by atoms with E-state index in [2.05, 4.69) is 9.88 Å². The molecule has 1 amide bonds. The van der Waals surface area contributed by atoms with Crippen LogP contribution < -0.4 is 0 Å². The molecule has 2 atom stereocenters. The molecule has 1 N–H and O–H groups in total. The van der Waals surface area contributed by atoms with E-state index >= 15 is 0 Å². The van der Waals surface area contributed by atoms with Crippen LogP contribution in [0.15, 0.2) is 54.7 Å². The zero-order valence-corrected chi connectivity index (χ0v) is 21.3. The molecule has 0 bridgehead atoms. The van der Waals surface area contributed by atoms with E-state index in [1.807, 2.05) is 53.4 Å². The molecule has 0 saturated carbocycles. The lowest BCUT2D eigenvalue weighted by Gasteiger charge is -2.44. The van der Waals surface area contributed by atoms with E-state index in [0.717, 1.165) is 62.8 Å². The summed E-state index contributed by atoms with van der Waals surface area (Å²) >= 11 is 12.3. The molecule has 2 saturated heterocycles. The lowest BCUT2D eigenvalue weighted by Crippen LogP contribution is -2.52. The molecule has 5 rings (SSSR count). The van der Waals surface area contributed by atoms with E-state index in [4.69, 9.17) is 23.2 Å². The summed E-state index contributed by atoms with van der Waals surface area (Å²) in [5, 5.41) is 12.3. The number of rotatable bonds is 5. The van der Waals surface area contributed by atoms with Crippen LogP contribution in [0, 0.1) is 11.8 Å². The van der Waals surface area contributed by atoms with Crippen molar-refractivity contribution < 1.29 is 9.90 Å². The van der Waals surface area contributed by atoms with Gasteiger partial charge in [0.1, 0.15) is 0 Å². The summed E-state index contributed by atoms with van der Waals surface area (Å²) in [6.07, 6.45) is 5.61. The molecule has 35 heavy (non-hydrogen) atoms. The topological polar surface area (TPSA) is 56.7 Å². The largest absolute Gasteiger partial charge is 0.396 e. The Hall–Kier alpha value is -2.18. The Morgan fingerprint density at radius 3 is 2.54 bits per heavy atom. The molecule has 2 aliphatic rings. The summed E-state index contributed by atoms with van der Waals surface area (Å²) in [5.74, 6) is 0.731. The molecular weight excluding hydrogens is 481 g/mol. The van der Waals surface area contributed by atoms with Crippen molar-refractivity contribution in [2.24, 2.45) is 11.8 Å². The van der Waals surface area contributed by atoms with Crippen molar-refractivity contribution in [3.8, 4) is 0 Å². The van der Waals surface area contributed by atoms with Gasteiger partial charge in [-0.1, -0.05) is 47.5 Å². The van der Waals surface area contributed by atoms with Gasteiger partial charge in [0.15, 0.2) is 0 Å². The summed E-state index contributed by atoms with van der Waals surface area (Å²) < 4.78 is 0. The lowest BCUT2D eigenvalue weighted by molar-refractivity contribution is 0.0242. The van der Waals surface area contributed by atoms with Crippen LogP contribution in [-0.4, -0.2) is 64.6 Å². The number of aliphatic hydroxyl groups is 1. The molecule has 0 aliphatic carbocycles. The van der Waals surface area contributed by atoms with E-state index in [-0.39, 0.29) is 18.4 Å². The smallest absolute Gasteiger partial charge is 0.256 e. The molecule has 3 aromatic rings. The molecule has 2 fully saturated rings. The van der Waals surface area contributed by atoms with Gasteiger partial charge < -0.3 is 10.0 Å². The molecule has 1 aromatic heterocycles. The highest BCUT2D eigenvalue weighted by atomic mass is 35.5. The average Bonchev–Trinajstić information content (AvgIpc) is 2.90. The number of hydrogen-bond acceptors (Lipinski definition) is 4. The molecule has 3 heterocycles. The standard InChI is InChI=1S/C28H31Cl2N3O2/c29-25-7-6-19(16-26(25)30)15-21-8-12-33(17-22(21)18-34)23-9-13-32(14-10-23)28(35)24-5-1-3-20-4-2-11-31-27(20)24/h1-7,11,16,21-23,34H,8-10,12-15,17-18H2/t21?,22-/m0/s1. The van der Waals surface area contributed by atoms with E-state index in [1.54, 1.807) is 6.20 Å². The number of nitrogens with zero attached hydrogens (tertiary/aromatic N) is 3. The highest BCUT2D eigenvalue weighted by Crippen LogP contribution is 2.32. The highest BCUT2D eigenvalue weighted by Gasteiger charge is 2.34. The van der Waals surface area contributed by atoms with Crippen LogP contribution in [0.5, 0.6) is 0 Å². The molecule has 1 unspecified atom stereocenters. The van der Waals surface area contributed by atoms with Crippen LogP contribution >= 0.6 is 23.2 Å². The molecule has 0 radical (unpaired) electrons. The van der Waals surface area contributed by atoms with Gasteiger partial charge in [0, 0.05) is 43.9 Å². The number of aliphatic hydroxyl groups excluding tert-OH is 1. The van der Waals surface area contributed by atoms with Crippen molar-refractivity contribution >= 4 is 40.0 Å². The Bertz CT molecular complexity index is 1190. The molecule has 184 valence electrons. The van der Waals surface area contributed by atoms with Gasteiger partial charge in [-0.05, 0) is 73.9 Å². The number of aromatic nitrogens is 1.